The number of carbonyl (C=O) groups is 2. The normalized spacial score (nSPS) is 14.2. The molecule has 0 saturated heterocycles. The second kappa shape index (κ2) is 63.1. The summed E-state index contributed by atoms with van der Waals surface area (Å²) in [6.45, 7) is 3.98. The number of rotatable bonds is 59. The third-order valence-electron chi connectivity index (χ3n) is 13.5. The average Bonchev–Trinajstić information content (AvgIpc) is 3.61. The van der Waals surface area contributed by atoms with Gasteiger partial charge >= 0.3 is 11.9 Å². The Morgan fingerprint density at radius 3 is 0.952 bits per heavy atom. The second-order valence-electron chi connectivity index (χ2n) is 22.7. The van der Waals surface area contributed by atoms with Gasteiger partial charge in [0.15, 0.2) is 6.10 Å². The maximum atomic E-state index is 12.8. The van der Waals surface area contributed by atoms with Crippen LogP contribution in [0.3, 0.4) is 0 Å². The molecular weight excluding hydrogens is 1060 g/mol. The molecule has 0 aromatic carbocycles. The summed E-state index contributed by atoms with van der Waals surface area (Å²) in [7, 11) is 1.14. The van der Waals surface area contributed by atoms with E-state index in [-0.39, 0.29) is 26.1 Å². The lowest BCUT2D eigenvalue weighted by atomic mass is 10.0. The van der Waals surface area contributed by atoms with Gasteiger partial charge in [0.1, 0.15) is 19.8 Å². The first-order valence-corrected chi connectivity index (χ1v) is 34.7. The van der Waals surface area contributed by atoms with Gasteiger partial charge in [-0.1, -0.05) is 268 Å². The molecule has 0 aliphatic carbocycles. The monoisotopic (exact) mass is 1180 g/mol. The van der Waals surface area contributed by atoms with Crippen molar-refractivity contribution >= 4 is 19.8 Å². The number of unbranched alkanes of at least 4 members (excludes halogenated alkanes) is 19. The Kier molecular flexibility index (Phi) is 59.9. The zero-order valence-electron chi connectivity index (χ0n) is 54.0. The first-order chi connectivity index (χ1) is 41.0. The van der Waals surface area contributed by atoms with Crippen LogP contribution < -0.4 is 4.89 Å². The average molecular weight is 1180 g/mol. The topological polar surface area (TPSA) is 111 Å². The Morgan fingerprint density at radius 2 is 0.643 bits per heavy atom. The van der Waals surface area contributed by atoms with Crippen molar-refractivity contribution in [2.45, 2.75) is 251 Å². The summed E-state index contributed by atoms with van der Waals surface area (Å²) in [6.07, 6.45) is 94.5. The molecule has 0 rings (SSSR count). The molecule has 0 aromatic rings. The van der Waals surface area contributed by atoms with Crippen LogP contribution in [-0.4, -0.2) is 70.0 Å². The Hall–Kier alpha value is -4.37. The summed E-state index contributed by atoms with van der Waals surface area (Å²) in [5.41, 5.74) is 0. The molecule has 0 aromatic heterocycles. The maximum absolute atomic E-state index is 12.8. The van der Waals surface area contributed by atoms with Crippen molar-refractivity contribution in [2.75, 3.05) is 47.5 Å². The molecule has 0 amide bonds. The van der Waals surface area contributed by atoms with Crippen LogP contribution in [-0.2, 0) is 32.7 Å². The van der Waals surface area contributed by atoms with Gasteiger partial charge in [-0.3, -0.25) is 14.2 Å². The molecule has 0 bridgehead atoms. The zero-order chi connectivity index (χ0) is 61.2. The van der Waals surface area contributed by atoms with E-state index in [2.05, 4.69) is 172 Å². The fraction of sp³-hybridized carbons (Fsp3) is 0.622. The molecule has 0 aliphatic rings. The Morgan fingerprint density at radius 1 is 0.369 bits per heavy atom. The van der Waals surface area contributed by atoms with E-state index in [9.17, 15) is 19.0 Å². The molecule has 0 saturated carbocycles. The van der Waals surface area contributed by atoms with Crippen molar-refractivity contribution in [1.29, 1.82) is 0 Å². The molecule has 0 spiro atoms. The van der Waals surface area contributed by atoms with Crippen LogP contribution in [0, 0.1) is 0 Å². The third-order valence-corrected chi connectivity index (χ3v) is 14.5. The fourth-order valence-electron chi connectivity index (χ4n) is 8.52. The predicted octanol–water partition coefficient (Wildman–Crippen LogP) is 21.0. The van der Waals surface area contributed by atoms with E-state index < -0.39 is 32.5 Å². The summed E-state index contributed by atoms with van der Waals surface area (Å²) in [5, 5.41) is 0. The van der Waals surface area contributed by atoms with E-state index in [4.69, 9.17) is 18.5 Å². The molecule has 2 atom stereocenters. The molecule has 0 fully saturated rings. The molecule has 476 valence electrons. The zero-order valence-corrected chi connectivity index (χ0v) is 54.9. The van der Waals surface area contributed by atoms with Crippen molar-refractivity contribution in [1.82, 2.24) is 0 Å². The standard InChI is InChI=1S/C74H122NO8P/c1-6-8-10-12-14-16-18-20-22-24-26-27-28-29-30-31-32-33-34-35-36-37-38-39-40-41-42-43-44-45-46-47-49-51-53-55-57-59-61-63-65-67-74(77)83-72(71-82-84(78,79)81-69-68-75(3,4)5)70-80-73(76)66-64-62-60-58-56-54-52-50-48-25-23-21-19-17-15-13-11-9-7-2/h8-11,14-17,20-23,26-27,29-30,32-33,35-36,38-39,41-42,48,50,72H,6-7,12-13,18-19,24-25,28,31,34,37,40,43-47,49,51-71H2,1-5H3/b10-8-,11-9-,16-14-,17-15-,22-20-,23-21-,27-26-,30-29-,33-32-,36-35-,39-38-,42-41-,50-48-. The van der Waals surface area contributed by atoms with Gasteiger partial charge < -0.3 is 27.9 Å². The van der Waals surface area contributed by atoms with Crippen LogP contribution in [0.15, 0.2) is 158 Å². The number of quaternary nitrogens is 1. The highest BCUT2D eigenvalue weighted by Crippen LogP contribution is 2.38. The van der Waals surface area contributed by atoms with Crippen molar-refractivity contribution in [2.24, 2.45) is 0 Å². The van der Waals surface area contributed by atoms with Crippen LogP contribution in [0.2, 0.25) is 0 Å². The van der Waals surface area contributed by atoms with E-state index in [1.165, 1.54) is 64.2 Å². The smallest absolute Gasteiger partial charge is 0.306 e. The number of ether oxygens (including phenoxy) is 2. The first-order valence-electron chi connectivity index (χ1n) is 33.2. The number of carbonyl (C=O) groups excluding carboxylic acids is 2. The van der Waals surface area contributed by atoms with Gasteiger partial charge in [0.05, 0.1) is 27.7 Å². The van der Waals surface area contributed by atoms with Gasteiger partial charge in [0.25, 0.3) is 7.82 Å². The molecule has 0 heterocycles. The van der Waals surface area contributed by atoms with Crippen molar-refractivity contribution in [3.8, 4) is 0 Å². The van der Waals surface area contributed by atoms with Crippen molar-refractivity contribution in [3.05, 3.63) is 158 Å². The predicted molar refractivity (Wildman–Crippen MR) is 360 cm³/mol. The number of likely N-dealkylation sites (N-methyl/N-ethyl adjacent to an activating group) is 1. The van der Waals surface area contributed by atoms with E-state index in [1.54, 1.807) is 0 Å². The molecule has 0 aliphatic heterocycles. The van der Waals surface area contributed by atoms with Crippen LogP contribution in [0.4, 0.5) is 0 Å². The molecule has 0 N–H and O–H groups in total. The summed E-state index contributed by atoms with van der Waals surface area (Å²) in [5.74, 6) is -0.858. The quantitative estimate of drug-likeness (QED) is 0.0195. The number of phosphoric ester groups is 1. The number of nitrogens with zero attached hydrogens (tertiary/aromatic N) is 1. The minimum absolute atomic E-state index is 0.0407. The van der Waals surface area contributed by atoms with Crippen LogP contribution in [0.5, 0.6) is 0 Å². The maximum Gasteiger partial charge on any atom is 0.306 e. The molecule has 0 radical (unpaired) electrons. The van der Waals surface area contributed by atoms with E-state index in [1.807, 2.05) is 21.1 Å². The van der Waals surface area contributed by atoms with Crippen LogP contribution in [0.1, 0.15) is 245 Å². The number of hydrogen-bond donors (Lipinski definition) is 0. The fourth-order valence-corrected chi connectivity index (χ4v) is 9.25. The minimum Gasteiger partial charge on any atom is -0.756 e. The van der Waals surface area contributed by atoms with Gasteiger partial charge in [-0.25, -0.2) is 0 Å². The van der Waals surface area contributed by atoms with Crippen molar-refractivity contribution in [3.63, 3.8) is 0 Å². The Bertz CT molecular complexity index is 1970. The lowest BCUT2D eigenvalue weighted by Crippen LogP contribution is -2.37. The van der Waals surface area contributed by atoms with E-state index >= 15 is 0 Å². The number of hydrogen-bond acceptors (Lipinski definition) is 8. The van der Waals surface area contributed by atoms with Crippen LogP contribution >= 0.6 is 7.82 Å². The molecule has 9 nitrogen and oxygen atoms in total. The summed E-state index contributed by atoms with van der Waals surface area (Å²) >= 11 is 0. The van der Waals surface area contributed by atoms with Gasteiger partial charge in [0, 0.05) is 12.8 Å². The van der Waals surface area contributed by atoms with Gasteiger partial charge in [-0.15, -0.1) is 0 Å². The SMILES string of the molecule is CC/C=C\C/C=C\C/C=C\C/C=C\C/C=C\C/C=C\C/C=C\C/C=C\C/C=C\CCCCCCCCCCCCCCCC(=O)OC(COC(=O)CCCCCCCC/C=C\C/C=C\C/C=C\C/C=C\CC)COP(=O)([O-])OCC[N+](C)(C)C. The highest BCUT2D eigenvalue weighted by molar-refractivity contribution is 7.45. The van der Waals surface area contributed by atoms with E-state index in [0.29, 0.717) is 23.9 Å². The van der Waals surface area contributed by atoms with Gasteiger partial charge in [-0.2, -0.15) is 0 Å². The van der Waals surface area contributed by atoms with E-state index in [0.717, 1.165) is 141 Å². The second-order valence-corrected chi connectivity index (χ2v) is 24.1. The summed E-state index contributed by atoms with van der Waals surface area (Å²) < 4.78 is 34.2. The van der Waals surface area contributed by atoms with Crippen molar-refractivity contribution < 1.29 is 42.1 Å². The summed E-state index contributed by atoms with van der Waals surface area (Å²) in [6, 6.07) is 0. The third kappa shape index (κ3) is 66.8. The molecular formula is C74H122NO8P. The lowest BCUT2D eigenvalue weighted by Gasteiger charge is -2.28. The Labute approximate surface area is 516 Å². The Balaban J connectivity index is 4.08. The highest BCUT2D eigenvalue weighted by Gasteiger charge is 2.22. The van der Waals surface area contributed by atoms with Gasteiger partial charge in [-0.05, 0) is 122 Å². The number of phosphoric acid groups is 1. The largest absolute Gasteiger partial charge is 0.756 e. The first kappa shape index (κ1) is 79.6. The molecule has 84 heavy (non-hydrogen) atoms. The molecule has 2 unspecified atom stereocenters. The van der Waals surface area contributed by atoms with Crippen LogP contribution in [0.25, 0.3) is 0 Å². The van der Waals surface area contributed by atoms with Gasteiger partial charge in [0.2, 0.25) is 0 Å². The molecule has 10 heteroatoms. The highest BCUT2D eigenvalue weighted by atomic mass is 31.2. The minimum atomic E-state index is -4.65. The number of allylic oxidation sites excluding steroid dienone is 26. The lowest BCUT2D eigenvalue weighted by molar-refractivity contribution is -0.870. The number of esters is 2. The summed E-state index contributed by atoms with van der Waals surface area (Å²) in [4.78, 5) is 38.0.